The van der Waals surface area contributed by atoms with E-state index in [0.717, 1.165) is 16.5 Å². The molecule has 1 nitrogen and oxygen atoms in total. The summed E-state index contributed by atoms with van der Waals surface area (Å²) in [4.78, 5) is 0. The summed E-state index contributed by atoms with van der Waals surface area (Å²) in [6.45, 7) is 0. The van der Waals surface area contributed by atoms with Crippen LogP contribution in [-0.4, -0.2) is 13.0 Å². The lowest BCUT2D eigenvalue weighted by atomic mass is 9.70. The minimum absolute atomic E-state index is 0.908. The Labute approximate surface area is 113 Å². The third-order valence-electron chi connectivity index (χ3n) is 3.65. The van der Waals surface area contributed by atoms with Crippen molar-refractivity contribution < 1.29 is 5.11 Å². The lowest BCUT2D eigenvalue weighted by Crippen LogP contribution is -2.27. The maximum atomic E-state index is 10.8. The Morgan fingerprint density at radius 3 is 2.05 bits per heavy atom. The molecule has 19 heavy (non-hydrogen) atoms. The topological polar surface area (TPSA) is 20.2 Å². The van der Waals surface area contributed by atoms with E-state index in [9.17, 15) is 5.11 Å². The van der Waals surface area contributed by atoms with E-state index in [1.165, 1.54) is 5.39 Å². The van der Waals surface area contributed by atoms with Gasteiger partial charge in [-0.3, -0.25) is 0 Å². The van der Waals surface area contributed by atoms with Crippen molar-refractivity contribution in [3.8, 4) is 0 Å². The van der Waals surface area contributed by atoms with Crippen LogP contribution in [0.3, 0.4) is 0 Å². The second kappa shape index (κ2) is 4.56. The van der Waals surface area contributed by atoms with Crippen LogP contribution in [-0.2, 0) is 5.50 Å². The van der Waals surface area contributed by atoms with Crippen molar-refractivity contribution in [2.75, 3.05) is 0 Å². The molecule has 0 aliphatic rings. The Bertz CT molecular complexity index is 705. The highest BCUT2D eigenvalue weighted by Crippen LogP contribution is 2.28. The molecular formula is C17H15BO. The normalized spacial score (nSPS) is 14.2. The van der Waals surface area contributed by atoms with Gasteiger partial charge in [0, 0.05) is 0 Å². The van der Waals surface area contributed by atoms with Gasteiger partial charge in [0.25, 0.3) is 0 Å². The summed E-state index contributed by atoms with van der Waals surface area (Å²) in [5.41, 5.74) is 0.855. The Hall–Kier alpha value is -2.06. The van der Waals surface area contributed by atoms with Gasteiger partial charge in [-0.1, -0.05) is 66.7 Å². The molecule has 1 atom stereocenters. The van der Waals surface area contributed by atoms with E-state index in [2.05, 4.69) is 24.3 Å². The van der Waals surface area contributed by atoms with Crippen molar-refractivity contribution in [3.05, 3.63) is 83.9 Å². The zero-order valence-corrected chi connectivity index (χ0v) is 10.9. The Morgan fingerprint density at radius 1 is 0.684 bits per heavy atom. The molecule has 0 aromatic heterocycles. The Balaban J connectivity index is 2.13. The van der Waals surface area contributed by atoms with Crippen molar-refractivity contribution in [3.63, 3.8) is 0 Å². The van der Waals surface area contributed by atoms with Crippen LogP contribution < -0.4 is 0 Å². The fraction of sp³-hybridized carbons (Fsp3) is 0.0588. The van der Waals surface area contributed by atoms with Gasteiger partial charge in [-0.25, -0.2) is 0 Å². The standard InChI is InChI=1S/C17H15BO/c18-17(19,15-8-2-1-3-9-15)16-11-10-13-6-4-5-7-14(13)12-16/h1-12,19H,18H2. The average Bonchev–Trinajstić information content (AvgIpc) is 2.47. The van der Waals surface area contributed by atoms with Crippen LogP contribution in [0.2, 0.25) is 0 Å². The molecule has 0 aliphatic carbocycles. The molecule has 2 heteroatoms. The van der Waals surface area contributed by atoms with E-state index in [-0.39, 0.29) is 0 Å². The van der Waals surface area contributed by atoms with Crippen LogP contribution in [0.15, 0.2) is 72.8 Å². The van der Waals surface area contributed by atoms with Gasteiger partial charge in [-0.2, -0.15) is 0 Å². The highest BCUT2D eigenvalue weighted by molar-refractivity contribution is 6.17. The van der Waals surface area contributed by atoms with Gasteiger partial charge < -0.3 is 5.11 Å². The fourth-order valence-electron chi connectivity index (χ4n) is 2.42. The molecule has 3 aromatic carbocycles. The smallest absolute Gasteiger partial charge is 0.154 e. The van der Waals surface area contributed by atoms with Crippen molar-refractivity contribution in [2.24, 2.45) is 0 Å². The van der Waals surface area contributed by atoms with Crippen LogP contribution in [0.4, 0.5) is 0 Å². The van der Waals surface area contributed by atoms with Crippen molar-refractivity contribution in [2.45, 2.75) is 5.50 Å². The van der Waals surface area contributed by atoms with E-state index >= 15 is 0 Å². The average molecular weight is 246 g/mol. The maximum absolute atomic E-state index is 10.8. The van der Waals surface area contributed by atoms with E-state index < -0.39 is 5.50 Å². The molecular weight excluding hydrogens is 231 g/mol. The fourth-order valence-corrected chi connectivity index (χ4v) is 2.42. The monoisotopic (exact) mass is 246 g/mol. The number of rotatable bonds is 2. The number of hydrogen-bond acceptors (Lipinski definition) is 1. The zero-order valence-electron chi connectivity index (χ0n) is 10.9. The molecule has 92 valence electrons. The van der Waals surface area contributed by atoms with E-state index in [0.29, 0.717) is 0 Å². The van der Waals surface area contributed by atoms with E-state index in [4.69, 9.17) is 0 Å². The Kier molecular flexibility index (Phi) is 2.88. The van der Waals surface area contributed by atoms with Crippen molar-refractivity contribution in [1.29, 1.82) is 0 Å². The SMILES string of the molecule is BC(O)(c1ccccc1)c1ccc2ccccc2c1. The Morgan fingerprint density at radius 2 is 1.32 bits per heavy atom. The molecule has 1 unspecified atom stereocenters. The van der Waals surface area contributed by atoms with Crippen molar-refractivity contribution >= 4 is 18.6 Å². The summed E-state index contributed by atoms with van der Waals surface area (Å²) in [5, 5.41) is 13.2. The first-order valence-corrected chi connectivity index (χ1v) is 6.45. The predicted octanol–water partition coefficient (Wildman–Crippen LogP) is 2.67. The molecule has 3 rings (SSSR count). The van der Waals surface area contributed by atoms with Gasteiger partial charge in [0.2, 0.25) is 0 Å². The predicted molar refractivity (Wildman–Crippen MR) is 81.9 cm³/mol. The van der Waals surface area contributed by atoms with Gasteiger partial charge in [0.1, 0.15) is 0 Å². The number of fused-ring (bicyclic) bond motifs is 1. The first-order valence-electron chi connectivity index (χ1n) is 6.45. The molecule has 0 saturated heterocycles. The first-order chi connectivity index (χ1) is 9.18. The molecule has 0 amide bonds. The summed E-state index contributed by atoms with van der Waals surface area (Å²) >= 11 is 0. The highest BCUT2D eigenvalue weighted by atomic mass is 16.3. The van der Waals surface area contributed by atoms with Gasteiger partial charge in [-0.15, -0.1) is 0 Å². The molecule has 0 saturated carbocycles. The second-order valence-corrected chi connectivity index (χ2v) is 5.00. The third-order valence-corrected chi connectivity index (χ3v) is 3.65. The lowest BCUT2D eigenvalue weighted by Gasteiger charge is -2.25. The van der Waals surface area contributed by atoms with E-state index in [1.54, 1.807) is 0 Å². The van der Waals surface area contributed by atoms with Crippen LogP contribution in [0.5, 0.6) is 0 Å². The first kappa shape index (κ1) is 12.0. The van der Waals surface area contributed by atoms with Gasteiger partial charge in [0.15, 0.2) is 7.85 Å². The van der Waals surface area contributed by atoms with Crippen LogP contribution in [0.1, 0.15) is 11.1 Å². The van der Waals surface area contributed by atoms with Gasteiger partial charge >= 0.3 is 0 Å². The summed E-state index contributed by atoms with van der Waals surface area (Å²) in [5.74, 6) is 0. The molecule has 0 radical (unpaired) electrons. The minimum atomic E-state index is -0.967. The molecule has 0 heterocycles. The lowest BCUT2D eigenvalue weighted by molar-refractivity contribution is 0.172. The quantitative estimate of drug-likeness (QED) is 0.689. The number of aliphatic hydroxyl groups is 1. The molecule has 1 N–H and O–H groups in total. The second-order valence-electron chi connectivity index (χ2n) is 5.00. The summed E-state index contributed by atoms with van der Waals surface area (Å²) in [6.07, 6.45) is 0. The summed E-state index contributed by atoms with van der Waals surface area (Å²) in [6, 6.07) is 24.1. The molecule has 0 bridgehead atoms. The van der Waals surface area contributed by atoms with Crippen LogP contribution in [0, 0.1) is 0 Å². The summed E-state index contributed by atoms with van der Waals surface area (Å²) < 4.78 is 0. The third kappa shape index (κ3) is 2.15. The zero-order chi connectivity index (χ0) is 13.3. The maximum Gasteiger partial charge on any atom is 0.154 e. The van der Waals surface area contributed by atoms with Gasteiger partial charge in [0.05, 0.1) is 5.50 Å². The number of benzene rings is 3. The van der Waals surface area contributed by atoms with Crippen LogP contribution >= 0.6 is 0 Å². The number of hydrogen-bond donors (Lipinski definition) is 1. The van der Waals surface area contributed by atoms with Crippen LogP contribution in [0.25, 0.3) is 10.8 Å². The minimum Gasteiger partial charge on any atom is -0.390 e. The molecule has 0 aliphatic heterocycles. The van der Waals surface area contributed by atoms with E-state index in [1.807, 2.05) is 56.4 Å². The largest absolute Gasteiger partial charge is 0.390 e. The van der Waals surface area contributed by atoms with Crippen molar-refractivity contribution in [1.82, 2.24) is 0 Å². The summed E-state index contributed by atoms with van der Waals surface area (Å²) in [7, 11) is 1.84. The van der Waals surface area contributed by atoms with Gasteiger partial charge in [-0.05, 0) is 28.0 Å². The molecule has 0 spiro atoms. The highest BCUT2D eigenvalue weighted by Gasteiger charge is 2.25. The molecule has 3 aromatic rings. The molecule has 0 fully saturated rings.